The van der Waals surface area contributed by atoms with E-state index in [1.54, 1.807) is 13.3 Å². The smallest absolute Gasteiger partial charge is 0.481 e. The maximum absolute atomic E-state index is 13.5. The molecule has 3 aliphatic heterocycles. The number of amidine groups is 1. The highest BCUT2D eigenvalue weighted by molar-refractivity contribution is 6.32. The first-order chi connectivity index (χ1) is 16.4. The molecule has 10 nitrogen and oxygen atoms in total. The number of aromatic nitrogens is 2. The van der Waals surface area contributed by atoms with Crippen molar-refractivity contribution in [1.29, 1.82) is 0 Å². The summed E-state index contributed by atoms with van der Waals surface area (Å²) >= 11 is 0. The van der Waals surface area contributed by atoms with Crippen LogP contribution >= 0.6 is 0 Å². The molecule has 0 aliphatic carbocycles. The number of aliphatic imine (C=N–C) groups is 3. The van der Waals surface area contributed by atoms with Crippen molar-refractivity contribution in [3.8, 4) is 17.0 Å². The maximum Gasteiger partial charge on any atom is 0.481 e. The van der Waals surface area contributed by atoms with Crippen molar-refractivity contribution in [2.24, 2.45) is 15.0 Å². The number of morpholine rings is 1. The Kier molecular flexibility index (Phi) is 5.77. The lowest BCUT2D eigenvalue weighted by molar-refractivity contribution is -0.592. The first kappa shape index (κ1) is 22.1. The number of fused-ring (bicyclic) bond motifs is 1. The highest BCUT2D eigenvalue weighted by Gasteiger charge is 2.52. The van der Waals surface area contributed by atoms with Gasteiger partial charge in [-0.1, -0.05) is 4.68 Å². The Labute approximate surface area is 192 Å². The molecule has 13 heteroatoms. The van der Waals surface area contributed by atoms with Gasteiger partial charge in [0.2, 0.25) is 5.84 Å². The van der Waals surface area contributed by atoms with Gasteiger partial charge in [0.1, 0.15) is 17.8 Å². The second-order valence-electron chi connectivity index (χ2n) is 7.70. The third-order valence-corrected chi connectivity index (χ3v) is 5.54. The average molecular weight is 475 g/mol. The number of ether oxygens (including phenoxy) is 2. The summed E-state index contributed by atoms with van der Waals surface area (Å²) in [4.78, 5) is 22.3. The van der Waals surface area contributed by atoms with Crippen LogP contribution in [-0.2, 0) is 11.3 Å². The topological polar surface area (TPSA) is 102 Å². The summed E-state index contributed by atoms with van der Waals surface area (Å²) in [6, 6.07) is 7.48. The van der Waals surface area contributed by atoms with Gasteiger partial charge in [-0.25, -0.2) is 9.98 Å². The number of hydrogen-bond acceptors (Lipinski definition) is 7. The van der Waals surface area contributed by atoms with Crippen LogP contribution in [0.4, 0.5) is 13.2 Å². The zero-order valence-electron chi connectivity index (χ0n) is 18.2. The molecule has 1 aromatic heterocycles. The Bertz CT molecular complexity index is 1180. The summed E-state index contributed by atoms with van der Waals surface area (Å²) in [5.74, 6) is 1.74. The van der Waals surface area contributed by atoms with Gasteiger partial charge in [0.05, 0.1) is 38.8 Å². The highest BCUT2D eigenvalue weighted by Crippen LogP contribution is 2.23. The van der Waals surface area contributed by atoms with Gasteiger partial charge in [-0.05, 0) is 29.8 Å². The van der Waals surface area contributed by atoms with Gasteiger partial charge in [0, 0.05) is 13.1 Å². The van der Waals surface area contributed by atoms with Crippen molar-refractivity contribution >= 4 is 23.7 Å². The Hall–Kier alpha value is -3.74. The number of hydrazone groups is 1. The van der Waals surface area contributed by atoms with Crippen LogP contribution in [0.1, 0.15) is 5.82 Å². The van der Waals surface area contributed by atoms with Gasteiger partial charge in [-0.15, -0.1) is 5.43 Å². The lowest BCUT2D eigenvalue weighted by atomic mass is 10.2. The molecule has 1 fully saturated rings. The molecule has 0 saturated carbocycles. The third-order valence-electron chi connectivity index (χ3n) is 5.54. The van der Waals surface area contributed by atoms with E-state index in [9.17, 15) is 13.2 Å². The monoisotopic (exact) mass is 475 g/mol. The quantitative estimate of drug-likeness (QED) is 0.655. The van der Waals surface area contributed by atoms with Crippen LogP contribution in [0.3, 0.4) is 0 Å². The molecule has 0 bridgehead atoms. The highest BCUT2D eigenvalue weighted by atomic mass is 19.4. The fraction of sp³-hybridized carbons (Fsp3) is 0.381. The maximum atomic E-state index is 13.5. The van der Waals surface area contributed by atoms with E-state index in [-0.39, 0.29) is 18.3 Å². The van der Waals surface area contributed by atoms with Crippen LogP contribution in [0, 0.1) is 0 Å². The van der Waals surface area contributed by atoms with Gasteiger partial charge >= 0.3 is 18.1 Å². The largest absolute Gasteiger partial charge is 0.497 e. The Morgan fingerprint density at radius 1 is 1.24 bits per heavy atom. The number of hydrazine groups is 1. The molecule has 3 aliphatic rings. The Balaban J connectivity index is 1.41. The zero-order chi connectivity index (χ0) is 23.7. The van der Waals surface area contributed by atoms with E-state index in [1.165, 1.54) is 0 Å². The number of alkyl halides is 3. The van der Waals surface area contributed by atoms with Gasteiger partial charge in [0.15, 0.2) is 0 Å². The minimum atomic E-state index is -4.57. The summed E-state index contributed by atoms with van der Waals surface area (Å²) in [7, 11) is 1.60. The van der Waals surface area contributed by atoms with Gasteiger partial charge in [-0.3, -0.25) is 4.99 Å². The molecular formula is C21H22F3N8O2+. The normalized spacial score (nSPS) is 21.5. The van der Waals surface area contributed by atoms with Crippen molar-refractivity contribution < 1.29 is 27.3 Å². The van der Waals surface area contributed by atoms with Crippen molar-refractivity contribution in [2.45, 2.75) is 18.9 Å². The summed E-state index contributed by atoms with van der Waals surface area (Å²) in [5, 5.41) is 0. The predicted molar refractivity (Wildman–Crippen MR) is 118 cm³/mol. The molecule has 34 heavy (non-hydrogen) atoms. The number of nitrogens with one attached hydrogen (secondary N) is 2. The molecular weight excluding hydrogens is 453 g/mol. The molecule has 0 spiro atoms. The van der Waals surface area contributed by atoms with Crippen LogP contribution in [0.2, 0.25) is 0 Å². The summed E-state index contributed by atoms with van der Waals surface area (Å²) in [6.07, 6.45) is -3.10. The predicted octanol–water partition coefficient (Wildman–Crippen LogP) is 1.62. The number of aromatic amines is 1. The Morgan fingerprint density at radius 3 is 2.71 bits per heavy atom. The number of halogens is 3. The summed E-state index contributed by atoms with van der Waals surface area (Å²) < 4.78 is 52.1. The minimum absolute atomic E-state index is 0.104. The Morgan fingerprint density at radius 2 is 2.00 bits per heavy atom. The summed E-state index contributed by atoms with van der Waals surface area (Å²) in [6.45, 7) is 2.03. The second-order valence-corrected chi connectivity index (χ2v) is 7.70. The van der Waals surface area contributed by atoms with Crippen LogP contribution in [-0.4, -0.2) is 89.0 Å². The molecule has 1 aromatic carbocycles. The SMILES string of the molecule is COc1ccc(-c2cnc(CN=C3N=C(N4CCOCC4)N[N+]4=C(C(F)(F)F)C=NC34)[nH]2)cc1. The lowest BCUT2D eigenvalue weighted by Gasteiger charge is -2.30. The molecule has 2 aromatic rings. The van der Waals surface area contributed by atoms with Crippen molar-refractivity contribution in [3.63, 3.8) is 0 Å². The minimum Gasteiger partial charge on any atom is -0.497 e. The van der Waals surface area contributed by atoms with E-state index in [0.29, 0.717) is 32.1 Å². The van der Waals surface area contributed by atoms with E-state index in [1.807, 2.05) is 29.2 Å². The second kappa shape index (κ2) is 8.89. The first-order valence-corrected chi connectivity index (χ1v) is 10.6. The van der Waals surface area contributed by atoms with E-state index in [4.69, 9.17) is 9.47 Å². The first-order valence-electron chi connectivity index (χ1n) is 10.6. The van der Waals surface area contributed by atoms with Gasteiger partial charge in [-0.2, -0.15) is 18.2 Å². The molecule has 2 N–H and O–H groups in total. The zero-order valence-corrected chi connectivity index (χ0v) is 18.2. The van der Waals surface area contributed by atoms with Gasteiger partial charge in [0.25, 0.3) is 5.96 Å². The van der Waals surface area contributed by atoms with Crippen LogP contribution in [0.25, 0.3) is 11.3 Å². The fourth-order valence-corrected chi connectivity index (χ4v) is 3.76. The third kappa shape index (κ3) is 4.38. The van der Waals surface area contributed by atoms with Gasteiger partial charge < -0.3 is 19.4 Å². The van der Waals surface area contributed by atoms with Crippen molar-refractivity contribution in [3.05, 3.63) is 36.3 Å². The van der Waals surface area contributed by atoms with E-state index >= 15 is 0 Å². The van der Waals surface area contributed by atoms with Crippen molar-refractivity contribution in [2.75, 3.05) is 33.4 Å². The standard InChI is InChI=1S/C21H22F3N8O2/c1-33-14-4-2-13(3-5-14)15-10-25-17(28-15)12-26-18-19-27-11-16(21(22,23)24)32(19)30-20(29-18)31-6-8-34-9-7-31/h2-5,10-11,19H,6-9,12H2,1H3,(H,25,28)(H,26,29,30)/q+1. The number of hydrogen-bond donors (Lipinski definition) is 2. The molecule has 4 heterocycles. The van der Waals surface area contributed by atoms with E-state index < -0.39 is 18.1 Å². The number of benzene rings is 1. The molecule has 1 saturated heterocycles. The van der Waals surface area contributed by atoms with E-state index in [0.717, 1.165) is 27.9 Å². The number of nitrogens with zero attached hydrogens (tertiary/aromatic N) is 6. The number of rotatable bonds is 4. The number of imidazole rings is 1. The number of guanidine groups is 1. The van der Waals surface area contributed by atoms with E-state index in [2.05, 4.69) is 30.4 Å². The number of H-pyrrole nitrogens is 1. The molecule has 1 atom stereocenters. The molecule has 1 unspecified atom stereocenters. The van der Waals surface area contributed by atoms with Crippen molar-refractivity contribution in [1.82, 2.24) is 20.3 Å². The molecule has 5 rings (SSSR count). The lowest BCUT2D eigenvalue weighted by Crippen LogP contribution is -2.58. The summed E-state index contributed by atoms with van der Waals surface area (Å²) in [5.41, 5.74) is 3.56. The van der Waals surface area contributed by atoms with Crippen LogP contribution in [0.5, 0.6) is 5.75 Å². The number of methoxy groups -OCH3 is 1. The molecule has 178 valence electrons. The fourth-order valence-electron chi connectivity index (χ4n) is 3.76. The molecule has 0 radical (unpaired) electrons. The average Bonchev–Trinajstić information content (AvgIpc) is 3.50. The van der Waals surface area contributed by atoms with Crippen LogP contribution in [0.15, 0.2) is 45.4 Å². The van der Waals surface area contributed by atoms with Crippen LogP contribution < -0.4 is 10.2 Å². The molecule has 0 amide bonds.